The van der Waals surface area contributed by atoms with Crippen molar-refractivity contribution in [2.45, 2.75) is 6.54 Å². The average Bonchev–Trinajstić information content (AvgIpc) is 2.55. The number of carbonyl (C=O) groups is 1. The van der Waals surface area contributed by atoms with E-state index in [2.05, 4.69) is 5.32 Å². The van der Waals surface area contributed by atoms with Crippen LogP contribution in [0.2, 0.25) is 0 Å². The number of ether oxygens (including phenoxy) is 2. The monoisotopic (exact) mass is 307 g/mol. The molecule has 0 unspecified atom stereocenters. The van der Waals surface area contributed by atoms with Gasteiger partial charge in [-0.3, -0.25) is 9.69 Å². The lowest BCUT2D eigenvalue weighted by Crippen LogP contribution is -2.49. The van der Waals surface area contributed by atoms with Crippen molar-refractivity contribution in [2.75, 3.05) is 54.0 Å². The molecule has 1 saturated heterocycles. The van der Waals surface area contributed by atoms with Gasteiger partial charge in [-0.1, -0.05) is 0 Å². The summed E-state index contributed by atoms with van der Waals surface area (Å²) in [5, 5.41) is 3.25. The van der Waals surface area contributed by atoms with E-state index in [1.54, 1.807) is 14.2 Å². The van der Waals surface area contributed by atoms with Crippen LogP contribution in [-0.2, 0) is 11.3 Å². The highest BCUT2D eigenvalue weighted by molar-refractivity contribution is 5.78. The fraction of sp³-hybridized carbons (Fsp3) is 0.562. The summed E-state index contributed by atoms with van der Waals surface area (Å²) in [5.41, 5.74) is 1.06. The molecular formula is C16H25N3O3. The summed E-state index contributed by atoms with van der Waals surface area (Å²) in [6.07, 6.45) is 0. The summed E-state index contributed by atoms with van der Waals surface area (Å²) in [7, 11) is 5.22. The van der Waals surface area contributed by atoms with Gasteiger partial charge in [-0.15, -0.1) is 0 Å². The van der Waals surface area contributed by atoms with E-state index in [1.165, 1.54) is 0 Å². The van der Waals surface area contributed by atoms with Gasteiger partial charge in [0.1, 0.15) is 11.5 Å². The second-order valence-electron chi connectivity index (χ2n) is 5.52. The number of rotatable bonds is 6. The lowest BCUT2D eigenvalue weighted by atomic mass is 10.2. The van der Waals surface area contributed by atoms with Gasteiger partial charge < -0.3 is 19.7 Å². The van der Waals surface area contributed by atoms with Crippen LogP contribution in [0.4, 0.5) is 0 Å². The number of hydrogen-bond acceptors (Lipinski definition) is 5. The summed E-state index contributed by atoms with van der Waals surface area (Å²) >= 11 is 0. The lowest BCUT2D eigenvalue weighted by molar-refractivity contribution is -0.132. The molecule has 1 aliphatic rings. The largest absolute Gasteiger partial charge is 0.497 e. The number of amides is 1. The molecule has 22 heavy (non-hydrogen) atoms. The molecule has 1 aromatic carbocycles. The van der Waals surface area contributed by atoms with Gasteiger partial charge >= 0.3 is 0 Å². The molecule has 0 atom stereocenters. The van der Waals surface area contributed by atoms with Crippen molar-refractivity contribution in [1.82, 2.24) is 15.1 Å². The third kappa shape index (κ3) is 4.61. The maximum atomic E-state index is 12.3. The molecule has 1 amide bonds. The molecule has 0 aliphatic carbocycles. The van der Waals surface area contributed by atoms with Crippen LogP contribution in [0.1, 0.15) is 5.56 Å². The van der Waals surface area contributed by atoms with Crippen LogP contribution in [0, 0.1) is 0 Å². The molecule has 1 fully saturated rings. The van der Waals surface area contributed by atoms with Crippen molar-refractivity contribution in [3.63, 3.8) is 0 Å². The lowest BCUT2D eigenvalue weighted by Gasteiger charge is -2.29. The van der Waals surface area contributed by atoms with E-state index >= 15 is 0 Å². The zero-order valence-corrected chi connectivity index (χ0v) is 13.6. The SMILES string of the molecule is COc1cc(CN(C)CC(=O)N2CCNCC2)cc(OC)c1. The fourth-order valence-electron chi connectivity index (χ4n) is 2.57. The number of likely N-dealkylation sites (N-methyl/N-ethyl adjacent to an activating group) is 1. The highest BCUT2D eigenvalue weighted by Gasteiger charge is 2.17. The Hall–Kier alpha value is -1.79. The number of methoxy groups -OCH3 is 2. The first-order chi connectivity index (χ1) is 10.6. The zero-order valence-electron chi connectivity index (χ0n) is 13.6. The molecule has 6 heteroatoms. The number of hydrogen-bond donors (Lipinski definition) is 1. The second kappa shape index (κ2) is 8.00. The van der Waals surface area contributed by atoms with Gasteiger partial charge in [0.15, 0.2) is 0 Å². The predicted molar refractivity (Wildman–Crippen MR) is 85.3 cm³/mol. The van der Waals surface area contributed by atoms with Crippen molar-refractivity contribution >= 4 is 5.91 Å². The molecule has 6 nitrogen and oxygen atoms in total. The molecule has 1 heterocycles. The van der Waals surface area contributed by atoms with Crippen molar-refractivity contribution in [1.29, 1.82) is 0 Å². The van der Waals surface area contributed by atoms with Crippen LogP contribution in [0.15, 0.2) is 18.2 Å². The predicted octanol–water partition coefficient (Wildman–Crippen LogP) is 0.567. The maximum Gasteiger partial charge on any atom is 0.236 e. The molecule has 0 radical (unpaired) electrons. The molecule has 0 spiro atoms. The molecule has 1 N–H and O–H groups in total. The standard InChI is InChI=1S/C16H25N3O3/c1-18(12-16(20)19-6-4-17-5-7-19)11-13-8-14(21-2)10-15(9-13)22-3/h8-10,17H,4-7,11-12H2,1-3H3. The van der Waals surface area contributed by atoms with E-state index in [9.17, 15) is 4.79 Å². The van der Waals surface area contributed by atoms with E-state index in [0.29, 0.717) is 13.1 Å². The minimum atomic E-state index is 0.180. The molecule has 122 valence electrons. The Morgan fingerprint density at radius 3 is 2.32 bits per heavy atom. The smallest absolute Gasteiger partial charge is 0.236 e. The Labute approximate surface area is 132 Å². The van der Waals surface area contributed by atoms with E-state index in [-0.39, 0.29) is 5.91 Å². The number of nitrogens with zero attached hydrogens (tertiary/aromatic N) is 2. The third-order valence-corrected chi connectivity index (χ3v) is 3.74. The first-order valence-corrected chi connectivity index (χ1v) is 7.51. The number of nitrogens with one attached hydrogen (secondary N) is 1. The van der Waals surface area contributed by atoms with Crippen LogP contribution in [0.5, 0.6) is 11.5 Å². The van der Waals surface area contributed by atoms with Crippen LogP contribution in [0.3, 0.4) is 0 Å². The molecular weight excluding hydrogens is 282 g/mol. The Bertz CT molecular complexity index is 479. The summed E-state index contributed by atoms with van der Waals surface area (Å²) in [6.45, 7) is 4.43. The molecule has 0 aromatic heterocycles. The Morgan fingerprint density at radius 2 is 1.77 bits per heavy atom. The quantitative estimate of drug-likeness (QED) is 0.833. The molecule has 2 rings (SSSR count). The summed E-state index contributed by atoms with van der Waals surface area (Å²) in [6, 6.07) is 5.78. The van der Waals surface area contributed by atoms with Crippen molar-refractivity contribution < 1.29 is 14.3 Å². The fourth-order valence-corrected chi connectivity index (χ4v) is 2.57. The minimum absolute atomic E-state index is 0.180. The molecule has 0 saturated carbocycles. The summed E-state index contributed by atoms with van der Waals surface area (Å²) < 4.78 is 10.5. The number of carbonyl (C=O) groups excluding carboxylic acids is 1. The van der Waals surface area contributed by atoms with Crippen LogP contribution in [-0.4, -0.2) is 69.7 Å². The average molecular weight is 307 g/mol. The van der Waals surface area contributed by atoms with Crippen molar-refractivity contribution in [2.24, 2.45) is 0 Å². The minimum Gasteiger partial charge on any atom is -0.497 e. The van der Waals surface area contributed by atoms with Gasteiger partial charge in [0.2, 0.25) is 5.91 Å². The van der Waals surface area contributed by atoms with E-state index in [1.807, 2.05) is 35.0 Å². The normalized spacial score (nSPS) is 15.0. The first-order valence-electron chi connectivity index (χ1n) is 7.51. The summed E-state index contributed by atoms with van der Waals surface area (Å²) in [4.78, 5) is 16.2. The van der Waals surface area contributed by atoms with Gasteiger partial charge in [0, 0.05) is 38.8 Å². The molecule has 1 aliphatic heterocycles. The first kappa shape index (κ1) is 16.6. The molecule has 1 aromatic rings. The van der Waals surface area contributed by atoms with Gasteiger partial charge in [0.05, 0.1) is 20.8 Å². The van der Waals surface area contributed by atoms with E-state index in [4.69, 9.17) is 9.47 Å². The van der Waals surface area contributed by atoms with Gasteiger partial charge in [-0.25, -0.2) is 0 Å². The number of piperazine rings is 1. The van der Waals surface area contributed by atoms with Crippen LogP contribution < -0.4 is 14.8 Å². The van der Waals surface area contributed by atoms with Crippen molar-refractivity contribution in [3.05, 3.63) is 23.8 Å². The topological polar surface area (TPSA) is 54.0 Å². The maximum absolute atomic E-state index is 12.3. The van der Waals surface area contributed by atoms with Gasteiger partial charge in [0.25, 0.3) is 0 Å². The zero-order chi connectivity index (χ0) is 15.9. The van der Waals surface area contributed by atoms with Gasteiger partial charge in [-0.05, 0) is 24.7 Å². The van der Waals surface area contributed by atoms with Crippen molar-refractivity contribution in [3.8, 4) is 11.5 Å². The van der Waals surface area contributed by atoms with Gasteiger partial charge in [-0.2, -0.15) is 0 Å². The van der Waals surface area contributed by atoms with Crippen LogP contribution in [0.25, 0.3) is 0 Å². The molecule has 0 bridgehead atoms. The summed E-state index contributed by atoms with van der Waals surface area (Å²) in [5.74, 6) is 1.70. The highest BCUT2D eigenvalue weighted by atomic mass is 16.5. The van der Waals surface area contributed by atoms with E-state index < -0.39 is 0 Å². The highest BCUT2D eigenvalue weighted by Crippen LogP contribution is 2.23. The van der Waals surface area contributed by atoms with Crippen LogP contribution >= 0.6 is 0 Å². The second-order valence-corrected chi connectivity index (χ2v) is 5.52. The Morgan fingerprint density at radius 1 is 1.18 bits per heavy atom. The third-order valence-electron chi connectivity index (χ3n) is 3.74. The van der Waals surface area contributed by atoms with E-state index in [0.717, 1.165) is 43.2 Å². The number of benzene rings is 1. The Balaban J connectivity index is 1.93. The Kier molecular flexibility index (Phi) is 6.03.